The molecule has 0 bridgehead atoms. The fourth-order valence-corrected chi connectivity index (χ4v) is 6.16. The van der Waals surface area contributed by atoms with Gasteiger partial charge in [-0.2, -0.15) is 0 Å². The zero-order valence-corrected chi connectivity index (χ0v) is 17.6. The molecule has 1 aromatic heterocycles. The van der Waals surface area contributed by atoms with Crippen LogP contribution in [0.1, 0.15) is 29.7 Å². The second kappa shape index (κ2) is 8.16. The highest BCUT2D eigenvalue weighted by atomic mass is 32.2. The van der Waals surface area contributed by atoms with E-state index < -0.39 is 10.0 Å². The molecule has 4 rings (SSSR count). The van der Waals surface area contributed by atoms with Crippen LogP contribution in [-0.4, -0.2) is 44.0 Å². The molecule has 2 aliphatic heterocycles. The number of hydrogen-bond donors (Lipinski definition) is 1. The predicted molar refractivity (Wildman–Crippen MR) is 113 cm³/mol. The Labute approximate surface area is 174 Å². The molecule has 0 unspecified atom stereocenters. The van der Waals surface area contributed by atoms with Crippen LogP contribution in [0.4, 0.5) is 11.4 Å². The molecule has 1 saturated heterocycles. The van der Waals surface area contributed by atoms with Gasteiger partial charge in [0.2, 0.25) is 21.8 Å². The molecule has 154 valence electrons. The van der Waals surface area contributed by atoms with Crippen molar-refractivity contribution in [2.45, 2.75) is 32.2 Å². The number of thiophene rings is 1. The van der Waals surface area contributed by atoms with E-state index in [0.29, 0.717) is 37.4 Å². The van der Waals surface area contributed by atoms with Crippen LogP contribution in [0.3, 0.4) is 0 Å². The number of nitrogens with one attached hydrogen (secondary N) is 1. The Morgan fingerprint density at radius 2 is 1.86 bits per heavy atom. The first-order valence-electron chi connectivity index (χ1n) is 9.66. The topological polar surface area (TPSA) is 86.8 Å². The highest BCUT2D eigenvalue weighted by Gasteiger charge is 2.28. The minimum absolute atomic E-state index is 0.00779. The fourth-order valence-electron chi connectivity index (χ4n) is 3.70. The Bertz CT molecular complexity index is 1010. The third-order valence-corrected chi connectivity index (χ3v) is 8.16. The van der Waals surface area contributed by atoms with Gasteiger partial charge in [0, 0.05) is 43.0 Å². The van der Waals surface area contributed by atoms with Crippen molar-refractivity contribution in [3.8, 4) is 0 Å². The van der Waals surface area contributed by atoms with Crippen molar-refractivity contribution in [2.75, 3.05) is 28.5 Å². The Kier molecular flexibility index (Phi) is 5.60. The average Bonchev–Trinajstić information content (AvgIpc) is 3.31. The first-order valence-corrected chi connectivity index (χ1v) is 12.1. The van der Waals surface area contributed by atoms with Crippen LogP contribution in [0.5, 0.6) is 0 Å². The molecular weight excluding hydrogens is 410 g/mol. The Hall–Kier alpha value is -2.39. The van der Waals surface area contributed by atoms with Gasteiger partial charge in [-0.05, 0) is 54.1 Å². The van der Waals surface area contributed by atoms with E-state index in [-0.39, 0.29) is 30.4 Å². The number of nitrogens with zero attached hydrogens (tertiary/aromatic N) is 2. The van der Waals surface area contributed by atoms with Gasteiger partial charge < -0.3 is 10.2 Å². The van der Waals surface area contributed by atoms with Gasteiger partial charge >= 0.3 is 0 Å². The molecule has 0 saturated carbocycles. The number of amides is 2. The lowest BCUT2D eigenvalue weighted by atomic mass is 10.1. The molecule has 2 aliphatic rings. The van der Waals surface area contributed by atoms with Gasteiger partial charge in [-0.1, -0.05) is 0 Å². The molecule has 0 spiro atoms. The minimum atomic E-state index is -3.22. The molecule has 7 nitrogen and oxygen atoms in total. The van der Waals surface area contributed by atoms with Gasteiger partial charge in [0.25, 0.3) is 0 Å². The SMILES string of the molecule is O=C(CCC(=O)N1CCc2sccc2C1)Nc1ccc(N2CCCS2(=O)=O)cc1. The van der Waals surface area contributed by atoms with E-state index in [9.17, 15) is 18.0 Å². The van der Waals surface area contributed by atoms with E-state index in [1.54, 1.807) is 35.6 Å². The van der Waals surface area contributed by atoms with Gasteiger partial charge in [0.1, 0.15) is 0 Å². The second-order valence-corrected chi connectivity index (χ2v) is 10.3. The maximum Gasteiger partial charge on any atom is 0.235 e. The first kappa shape index (κ1) is 19.9. The Morgan fingerprint density at radius 1 is 1.07 bits per heavy atom. The van der Waals surface area contributed by atoms with E-state index in [0.717, 1.165) is 6.42 Å². The van der Waals surface area contributed by atoms with Gasteiger partial charge in [-0.25, -0.2) is 8.42 Å². The molecule has 1 aromatic carbocycles. The quantitative estimate of drug-likeness (QED) is 0.785. The number of hydrogen-bond acceptors (Lipinski definition) is 5. The Morgan fingerprint density at radius 3 is 2.59 bits per heavy atom. The van der Waals surface area contributed by atoms with Crippen LogP contribution < -0.4 is 9.62 Å². The van der Waals surface area contributed by atoms with Crippen LogP contribution in [0, 0.1) is 0 Å². The van der Waals surface area contributed by atoms with Gasteiger partial charge in [-0.3, -0.25) is 13.9 Å². The van der Waals surface area contributed by atoms with Crippen LogP contribution in [-0.2, 0) is 32.6 Å². The van der Waals surface area contributed by atoms with Gasteiger partial charge in [0.15, 0.2) is 0 Å². The number of carbonyl (C=O) groups excluding carboxylic acids is 2. The largest absolute Gasteiger partial charge is 0.338 e. The smallest absolute Gasteiger partial charge is 0.235 e. The van der Waals surface area contributed by atoms with E-state index >= 15 is 0 Å². The molecule has 2 amide bonds. The van der Waals surface area contributed by atoms with E-state index in [2.05, 4.69) is 16.8 Å². The Balaban J connectivity index is 1.27. The summed E-state index contributed by atoms with van der Waals surface area (Å²) in [4.78, 5) is 27.8. The number of rotatable bonds is 5. The van der Waals surface area contributed by atoms with Crippen LogP contribution in [0.2, 0.25) is 0 Å². The summed E-state index contributed by atoms with van der Waals surface area (Å²) in [5.41, 5.74) is 2.40. The number of sulfonamides is 1. The van der Waals surface area contributed by atoms with Gasteiger partial charge in [0.05, 0.1) is 11.4 Å². The predicted octanol–water partition coefficient (Wildman–Crippen LogP) is 2.59. The summed E-state index contributed by atoms with van der Waals surface area (Å²) >= 11 is 1.73. The summed E-state index contributed by atoms with van der Waals surface area (Å²) < 4.78 is 25.4. The van der Waals surface area contributed by atoms with Crippen molar-refractivity contribution in [3.05, 3.63) is 46.2 Å². The zero-order chi connectivity index (χ0) is 20.4. The van der Waals surface area contributed by atoms with E-state index in [1.165, 1.54) is 14.7 Å². The molecule has 1 N–H and O–H groups in total. The summed E-state index contributed by atoms with van der Waals surface area (Å²) in [6.45, 7) is 1.81. The van der Waals surface area contributed by atoms with Crippen LogP contribution >= 0.6 is 11.3 Å². The number of anilines is 2. The molecule has 0 aliphatic carbocycles. The molecule has 0 radical (unpaired) electrons. The van der Waals surface area contributed by atoms with Crippen molar-refractivity contribution < 1.29 is 18.0 Å². The molecule has 0 atom stereocenters. The van der Waals surface area contributed by atoms with Crippen LogP contribution in [0.25, 0.3) is 0 Å². The second-order valence-electron chi connectivity index (χ2n) is 7.27. The fraction of sp³-hybridized carbons (Fsp3) is 0.400. The van der Waals surface area contributed by atoms with Crippen molar-refractivity contribution in [1.29, 1.82) is 0 Å². The summed E-state index contributed by atoms with van der Waals surface area (Å²) in [7, 11) is -3.22. The molecule has 3 heterocycles. The standard InChI is InChI=1S/C20H23N3O4S2/c24-19(6-7-20(25)22-11-8-18-15(14-22)9-12-28-18)21-16-2-4-17(5-3-16)23-10-1-13-29(23,26)27/h2-5,9,12H,1,6-8,10-11,13-14H2,(H,21,24). The normalized spacial score (nSPS) is 17.8. The van der Waals surface area contributed by atoms with E-state index in [4.69, 9.17) is 0 Å². The summed E-state index contributed by atoms with van der Waals surface area (Å²) in [5.74, 6) is -0.0655. The van der Waals surface area contributed by atoms with E-state index in [1.807, 2.05) is 4.90 Å². The lowest BCUT2D eigenvalue weighted by Gasteiger charge is -2.27. The monoisotopic (exact) mass is 433 g/mol. The van der Waals surface area contributed by atoms with Crippen molar-refractivity contribution in [3.63, 3.8) is 0 Å². The van der Waals surface area contributed by atoms with Gasteiger partial charge in [-0.15, -0.1) is 11.3 Å². The molecule has 1 fully saturated rings. The highest BCUT2D eigenvalue weighted by Crippen LogP contribution is 2.26. The lowest BCUT2D eigenvalue weighted by Crippen LogP contribution is -2.35. The average molecular weight is 434 g/mol. The zero-order valence-electron chi connectivity index (χ0n) is 16.0. The number of fused-ring (bicyclic) bond motifs is 1. The lowest BCUT2D eigenvalue weighted by molar-refractivity contribution is -0.133. The maximum atomic E-state index is 12.4. The third kappa shape index (κ3) is 4.45. The first-order chi connectivity index (χ1) is 13.9. The number of carbonyl (C=O) groups is 2. The van der Waals surface area contributed by atoms with Crippen molar-refractivity contribution >= 4 is 44.5 Å². The van der Waals surface area contributed by atoms with Crippen molar-refractivity contribution in [1.82, 2.24) is 4.90 Å². The highest BCUT2D eigenvalue weighted by molar-refractivity contribution is 7.93. The summed E-state index contributed by atoms with van der Waals surface area (Å²) in [6, 6.07) is 8.81. The molecular formula is C20H23N3O4S2. The summed E-state index contributed by atoms with van der Waals surface area (Å²) in [5, 5.41) is 4.83. The van der Waals surface area contributed by atoms with Crippen LogP contribution in [0.15, 0.2) is 35.7 Å². The minimum Gasteiger partial charge on any atom is -0.338 e. The molecule has 29 heavy (non-hydrogen) atoms. The number of benzene rings is 1. The maximum absolute atomic E-state index is 12.4. The third-order valence-electron chi connectivity index (χ3n) is 5.26. The molecule has 2 aromatic rings. The summed E-state index contributed by atoms with van der Waals surface area (Å²) in [6.07, 6.45) is 1.80. The molecule has 9 heteroatoms. The van der Waals surface area contributed by atoms with Crippen molar-refractivity contribution in [2.24, 2.45) is 0 Å².